The predicted octanol–water partition coefficient (Wildman–Crippen LogP) is 1.92. The maximum Gasteiger partial charge on any atom is 0.322 e. The molecule has 3 N–H and O–H groups in total. The van der Waals surface area contributed by atoms with Crippen LogP contribution in [0.4, 0.5) is 5.69 Å². The van der Waals surface area contributed by atoms with E-state index in [1.54, 1.807) is 0 Å². The Balaban J connectivity index is 2.32. The number of nitro benzene ring substituents is 1. The van der Waals surface area contributed by atoms with Gasteiger partial charge in [0.1, 0.15) is 12.2 Å². The molecule has 1 aromatic carbocycles. The van der Waals surface area contributed by atoms with Crippen LogP contribution in [0.1, 0.15) is 16.1 Å². The molecule has 0 saturated heterocycles. The van der Waals surface area contributed by atoms with Crippen LogP contribution < -0.4 is 10.6 Å². The summed E-state index contributed by atoms with van der Waals surface area (Å²) in [4.78, 5) is 45.3. The van der Waals surface area contributed by atoms with Crippen molar-refractivity contribution in [3.05, 3.63) is 68.2 Å². The first kappa shape index (κ1) is 19.8. The van der Waals surface area contributed by atoms with Crippen LogP contribution in [-0.4, -0.2) is 34.4 Å². The summed E-state index contributed by atoms with van der Waals surface area (Å²) >= 11 is 3.04. The number of furan rings is 1. The molecule has 11 heteroatoms. The Labute approximate surface area is 160 Å². The normalized spacial score (nSPS) is 10.9. The molecule has 0 bridgehead atoms. The Morgan fingerprint density at radius 3 is 2.59 bits per heavy atom. The average molecular weight is 438 g/mol. The molecule has 140 valence electrons. The van der Waals surface area contributed by atoms with Gasteiger partial charge in [-0.05, 0) is 39.7 Å². The third kappa shape index (κ3) is 5.78. The maximum absolute atomic E-state index is 12.2. The van der Waals surface area contributed by atoms with Crippen molar-refractivity contribution in [1.82, 2.24) is 10.6 Å². The monoisotopic (exact) mass is 437 g/mol. The quantitative estimate of drug-likeness (QED) is 0.339. The van der Waals surface area contributed by atoms with E-state index < -0.39 is 29.3 Å². The number of aliphatic carboxylic acids is 1. The topological polar surface area (TPSA) is 152 Å². The Kier molecular flexibility index (Phi) is 6.44. The van der Waals surface area contributed by atoms with Crippen LogP contribution in [0, 0.1) is 10.1 Å². The van der Waals surface area contributed by atoms with Gasteiger partial charge in [0, 0.05) is 12.1 Å². The number of hydrogen-bond acceptors (Lipinski definition) is 6. The molecular formula is C16H12BrN3O7. The number of nitrogens with one attached hydrogen (secondary N) is 2. The molecule has 0 unspecified atom stereocenters. The van der Waals surface area contributed by atoms with E-state index in [2.05, 4.69) is 26.6 Å². The molecule has 0 fully saturated rings. The van der Waals surface area contributed by atoms with Crippen molar-refractivity contribution in [3.63, 3.8) is 0 Å². The van der Waals surface area contributed by atoms with Gasteiger partial charge in [-0.15, -0.1) is 0 Å². The number of amides is 2. The largest absolute Gasteiger partial charge is 0.480 e. The Hall–Kier alpha value is -3.47. The molecule has 27 heavy (non-hydrogen) atoms. The lowest BCUT2D eigenvalue weighted by Gasteiger charge is -2.09. The van der Waals surface area contributed by atoms with E-state index >= 15 is 0 Å². The molecule has 2 rings (SSSR count). The highest BCUT2D eigenvalue weighted by Crippen LogP contribution is 2.17. The first-order chi connectivity index (χ1) is 12.8. The Morgan fingerprint density at radius 2 is 2.00 bits per heavy atom. The van der Waals surface area contributed by atoms with Gasteiger partial charge < -0.3 is 20.2 Å². The summed E-state index contributed by atoms with van der Waals surface area (Å²) in [6.07, 6.45) is 1.18. The minimum Gasteiger partial charge on any atom is -0.480 e. The first-order valence-corrected chi connectivity index (χ1v) is 8.08. The number of benzene rings is 1. The van der Waals surface area contributed by atoms with E-state index in [1.807, 2.05) is 0 Å². The summed E-state index contributed by atoms with van der Waals surface area (Å²) in [5.74, 6) is -3.03. The highest BCUT2D eigenvalue weighted by molar-refractivity contribution is 9.10. The minimum atomic E-state index is -1.28. The third-order valence-corrected chi connectivity index (χ3v) is 3.51. The van der Waals surface area contributed by atoms with Gasteiger partial charge in [0.25, 0.3) is 17.5 Å². The molecule has 0 spiro atoms. The lowest BCUT2D eigenvalue weighted by atomic mass is 10.1. The van der Waals surface area contributed by atoms with E-state index in [4.69, 9.17) is 9.52 Å². The summed E-state index contributed by atoms with van der Waals surface area (Å²) in [5, 5.41) is 24.0. The van der Waals surface area contributed by atoms with Gasteiger partial charge in [-0.3, -0.25) is 24.5 Å². The standard InChI is InChI=1S/C16H12BrN3O7/c17-13-5-4-12(27-13)16(24)19-11(15(23)18-8-14(21)22)7-9-2-1-3-10(6-9)20(25)26/h1-7H,8H2,(H,18,23)(H,19,24)(H,21,22)/b11-7+. The molecule has 0 aliphatic carbocycles. The summed E-state index contributed by atoms with van der Waals surface area (Å²) in [6.45, 7) is -0.673. The molecule has 2 amide bonds. The SMILES string of the molecule is O=C(O)CNC(=O)/C(=C\c1cccc([N+](=O)[O-])c1)NC(=O)c1ccc(Br)o1. The van der Waals surface area contributed by atoms with E-state index in [0.29, 0.717) is 4.67 Å². The smallest absolute Gasteiger partial charge is 0.322 e. The summed E-state index contributed by atoms with van der Waals surface area (Å²) in [6, 6.07) is 8.18. The van der Waals surface area contributed by atoms with Crippen LogP contribution in [0.15, 0.2) is 51.2 Å². The second kappa shape index (κ2) is 8.76. The number of carboxylic acids is 1. The molecule has 0 aliphatic heterocycles. The van der Waals surface area contributed by atoms with E-state index in [0.717, 1.165) is 0 Å². The summed E-state index contributed by atoms with van der Waals surface area (Å²) in [5.41, 5.74) is -0.268. The molecule has 2 aromatic rings. The maximum atomic E-state index is 12.2. The molecule has 0 saturated carbocycles. The minimum absolute atomic E-state index is 0.0992. The highest BCUT2D eigenvalue weighted by atomic mass is 79.9. The number of carboxylic acid groups (broad SMARTS) is 1. The number of hydrogen-bond donors (Lipinski definition) is 3. The van der Waals surface area contributed by atoms with Crippen molar-refractivity contribution < 1.29 is 28.8 Å². The molecule has 1 heterocycles. The molecule has 10 nitrogen and oxygen atoms in total. The molecule has 0 radical (unpaired) electrons. The van der Waals surface area contributed by atoms with Crippen LogP contribution in [0.2, 0.25) is 0 Å². The van der Waals surface area contributed by atoms with E-state index in [1.165, 1.54) is 42.5 Å². The number of carbonyl (C=O) groups is 3. The van der Waals surface area contributed by atoms with Crippen LogP contribution in [0.25, 0.3) is 6.08 Å². The van der Waals surface area contributed by atoms with Crippen molar-refractivity contribution in [2.24, 2.45) is 0 Å². The molecule has 0 atom stereocenters. The Bertz CT molecular complexity index is 936. The van der Waals surface area contributed by atoms with Gasteiger partial charge in [0.15, 0.2) is 10.4 Å². The number of nitro groups is 1. The zero-order chi connectivity index (χ0) is 20.0. The average Bonchev–Trinajstić information content (AvgIpc) is 3.05. The van der Waals surface area contributed by atoms with Crippen LogP contribution in [0.3, 0.4) is 0 Å². The predicted molar refractivity (Wildman–Crippen MR) is 95.6 cm³/mol. The van der Waals surface area contributed by atoms with Gasteiger partial charge in [0.05, 0.1) is 4.92 Å². The number of non-ortho nitro benzene ring substituents is 1. The zero-order valence-corrected chi connectivity index (χ0v) is 15.1. The van der Waals surface area contributed by atoms with Gasteiger partial charge in [-0.2, -0.15) is 0 Å². The van der Waals surface area contributed by atoms with Crippen molar-refractivity contribution >= 4 is 45.5 Å². The van der Waals surface area contributed by atoms with Crippen LogP contribution in [-0.2, 0) is 9.59 Å². The van der Waals surface area contributed by atoms with Gasteiger partial charge in [-0.1, -0.05) is 12.1 Å². The summed E-state index contributed by atoms with van der Waals surface area (Å²) in [7, 11) is 0. The van der Waals surface area contributed by atoms with Gasteiger partial charge in [-0.25, -0.2) is 0 Å². The van der Waals surface area contributed by atoms with Crippen LogP contribution >= 0.6 is 15.9 Å². The van der Waals surface area contributed by atoms with Crippen molar-refractivity contribution in [1.29, 1.82) is 0 Å². The van der Waals surface area contributed by atoms with Crippen molar-refractivity contribution in [2.45, 2.75) is 0 Å². The second-order valence-electron chi connectivity index (χ2n) is 5.04. The third-order valence-electron chi connectivity index (χ3n) is 3.08. The highest BCUT2D eigenvalue weighted by Gasteiger charge is 2.18. The fourth-order valence-electron chi connectivity index (χ4n) is 1.92. The Morgan fingerprint density at radius 1 is 1.26 bits per heavy atom. The van der Waals surface area contributed by atoms with Crippen molar-refractivity contribution in [3.8, 4) is 0 Å². The van der Waals surface area contributed by atoms with Crippen LogP contribution in [0.5, 0.6) is 0 Å². The van der Waals surface area contributed by atoms with Gasteiger partial charge in [0.2, 0.25) is 0 Å². The molecule has 0 aliphatic rings. The second-order valence-corrected chi connectivity index (χ2v) is 5.83. The number of carbonyl (C=O) groups excluding carboxylic acids is 2. The first-order valence-electron chi connectivity index (χ1n) is 7.29. The van der Waals surface area contributed by atoms with E-state index in [9.17, 15) is 24.5 Å². The van der Waals surface area contributed by atoms with Crippen molar-refractivity contribution in [2.75, 3.05) is 6.54 Å². The molecule has 1 aromatic heterocycles. The lowest BCUT2D eigenvalue weighted by Crippen LogP contribution is -2.37. The lowest BCUT2D eigenvalue weighted by molar-refractivity contribution is -0.384. The van der Waals surface area contributed by atoms with E-state index in [-0.39, 0.29) is 22.7 Å². The number of halogens is 1. The van der Waals surface area contributed by atoms with Gasteiger partial charge >= 0.3 is 5.97 Å². The fraction of sp³-hybridized carbons (Fsp3) is 0.0625. The molecular weight excluding hydrogens is 426 g/mol. The number of rotatable bonds is 7. The fourth-order valence-corrected chi connectivity index (χ4v) is 2.23. The number of nitrogens with zero attached hydrogens (tertiary/aromatic N) is 1. The summed E-state index contributed by atoms with van der Waals surface area (Å²) < 4.78 is 5.39. The zero-order valence-electron chi connectivity index (χ0n) is 13.5.